The minimum Gasteiger partial charge on any atom is -0.371 e. The summed E-state index contributed by atoms with van der Waals surface area (Å²) in [6, 6.07) is 12.1. The van der Waals surface area contributed by atoms with Crippen LogP contribution in [0, 0.1) is 13.8 Å². The van der Waals surface area contributed by atoms with Crippen LogP contribution in [0.2, 0.25) is 0 Å². The maximum atomic E-state index is 13.4. The van der Waals surface area contributed by atoms with Gasteiger partial charge in [-0.2, -0.15) is 9.78 Å². The number of anilines is 1. The number of aromatic nitrogens is 2. The number of nitrogens with zero attached hydrogens (tertiary/aromatic N) is 4. The molecule has 5 heteroatoms. The highest BCUT2D eigenvalue weighted by molar-refractivity contribution is 5.84. The van der Waals surface area contributed by atoms with E-state index in [1.54, 1.807) is 4.68 Å². The van der Waals surface area contributed by atoms with Crippen molar-refractivity contribution in [2.75, 3.05) is 18.0 Å². The lowest BCUT2D eigenvalue weighted by molar-refractivity contribution is 0.416. The molecule has 5 nitrogen and oxygen atoms in total. The van der Waals surface area contributed by atoms with E-state index in [2.05, 4.69) is 30.9 Å². The van der Waals surface area contributed by atoms with Gasteiger partial charge in [0.1, 0.15) is 5.82 Å². The normalized spacial score (nSPS) is 17.6. The molecule has 32 heavy (non-hydrogen) atoms. The van der Waals surface area contributed by atoms with E-state index in [0.717, 1.165) is 42.8 Å². The van der Waals surface area contributed by atoms with Crippen LogP contribution in [-0.2, 0) is 0 Å². The molecular weight excluding hydrogens is 396 g/mol. The minimum absolute atomic E-state index is 0.0736. The predicted octanol–water partition coefficient (Wildman–Crippen LogP) is 5.54. The highest BCUT2D eigenvalue weighted by Crippen LogP contribution is 2.32. The van der Waals surface area contributed by atoms with Gasteiger partial charge in [0.15, 0.2) is 0 Å². The summed E-state index contributed by atoms with van der Waals surface area (Å²) in [5.74, 6) is 1.10. The number of hydrogen-bond donors (Lipinski definition) is 0. The Kier molecular flexibility index (Phi) is 5.81. The number of fused-ring (bicyclic) bond motifs is 1. The van der Waals surface area contributed by atoms with Crippen molar-refractivity contribution < 1.29 is 0 Å². The van der Waals surface area contributed by atoms with Gasteiger partial charge in [-0.3, -0.25) is 4.79 Å². The van der Waals surface area contributed by atoms with Crippen LogP contribution in [0.15, 0.2) is 46.3 Å². The fourth-order valence-electron chi connectivity index (χ4n) is 5.26. The molecule has 0 bridgehead atoms. The summed E-state index contributed by atoms with van der Waals surface area (Å²) in [7, 11) is 0. The zero-order valence-corrected chi connectivity index (χ0v) is 19.2. The van der Waals surface area contributed by atoms with Gasteiger partial charge >= 0.3 is 0 Å². The summed E-state index contributed by atoms with van der Waals surface area (Å²) in [5.41, 5.74) is 5.52. The van der Waals surface area contributed by atoms with Crippen LogP contribution in [0.1, 0.15) is 73.4 Å². The van der Waals surface area contributed by atoms with Gasteiger partial charge in [0, 0.05) is 24.7 Å². The molecule has 0 radical (unpaired) electrons. The second-order valence-electron chi connectivity index (χ2n) is 9.37. The van der Waals surface area contributed by atoms with Gasteiger partial charge in [-0.05, 0) is 80.5 Å². The molecule has 2 fully saturated rings. The third kappa shape index (κ3) is 3.96. The van der Waals surface area contributed by atoms with E-state index in [9.17, 15) is 4.79 Å². The van der Waals surface area contributed by atoms with E-state index in [4.69, 9.17) is 10.1 Å². The first-order valence-electron chi connectivity index (χ1n) is 12.0. The second-order valence-corrected chi connectivity index (χ2v) is 9.37. The molecule has 1 saturated carbocycles. The molecule has 0 atom stereocenters. The third-order valence-electron chi connectivity index (χ3n) is 7.09. The summed E-state index contributed by atoms with van der Waals surface area (Å²) in [6.45, 7) is 6.57. The van der Waals surface area contributed by atoms with Crippen LogP contribution in [-0.4, -0.2) is 29.0 Å². The molecule has 2 aromatic carbocycles. The van der Waals surface area contributed by atoms with Crippen LogP contribution in [0.4, 0.5) is 5.69 Å². The topological polar surface area (TPSA) is 50.5 Å². The molecule has 1 aliphatic heterocycles. The Morgan fingerprint density at radius 3 is 2.50 bits per heavy atom. The molecule has 2 heterocycles. The molecule has 0 spiro atoms. The zero-order valence-electron chi connectivity index (χ0n) is 19.2. The van der Waals surface area contributed by atoms with Gasteiger partial charge in [0.05, 0.1) is 17.1 Å². The lowest BCUT2D eigenvalue weighted by Gasteiger charge is -2.23. The number of hydrogen-bond acceptors (Lipinski definition) is 4. The van der Waals surface area contributed by atoms with Crippen molar-refractivity contribution >= 4 is 22.8 Å². The summed E-state index contributed by atoms with van der Waals surface area (Å²) in [6.07, 6.45) is 10.2. The van der Waals surface area contributed by atoms with E-state index in [-0.39, 0.29) is 5.56 Å². The maximum Gasteiger partial charge on any atom is 0.282 e. The van der Waals surface area contributed by atoms with E-state index >= 15 is 0 Å². The summed E-state index contributed by atoms with van der Waals surface area (Å²) < 4.78 is 1.57. The zero-order chi connectivity index (χ0) is 22.1. The van der Waals surface area contributed by atoms with Gasteiger partial charge in [-0.15, -0.1) is 0 Å². The van der Waals surface area contributed by atoms with E-state index in [1.165, 1.54) is 48.9 Å². The molecule has 2 aliphatic rings. The summed E-state index contributed by atoms with van der Waals surface area (Å²) in [5, 5.41) is 5.36. The van der Waals surface area contributed by atoms with E-state index < -0.39 is 0 Å². The predicted molar refractivity (Wildman–Crippen MR) is 132 cm³/mol. The van der Waals surface area contributed by atoms with Gasteiger partial charge in [0.2, 0.25) is 0 Å². The van der Waals surface area contributed by atoms with Crippen LogP contribution >= 0.6 is 0 Å². The largest absolute Gasteiger partial charge is 0.371 e. The maximum absolute atomic E-state index is 13.4. The Morgan fingerprint density at radius 1 is 0.969 bits per heavy atom. The summed E-state index contributed by atoms with van der Waals surface area (Å²) in [4.78, 5) is 20.8. The highest BCUT2D eigenvalue weighted by atomic mass is 16.1. The van der Waals surface area contributed by atoms with Gasteiger partial charge in [-0.25, -0.2) is 4.98 Å². The lowest BCUT2D eigenvalue weighted by Crippen LogP contribution is -2.25. The first-order chi connectivity index (χ1) is 15.6. The van der Waals surface area contributed by atoms with Crippen molar-refractivity contribution in [1.29, 1.82) is 0 Å². The monoisotopic (exact) mass is 428 g/mol. The fourth-order valence-corrected chi connectivity index (χ4v) is 5.26. The van der Waals surface area contributed by atoms with Crippen LogP contribution < -0.4 is 10.5 Å². The van der Waals surface area contributed by atoms with Crippen molar-refractivity contribution in [3.63, 3.8) is 0 Å². The van der Waals surface area contributed by atoms with Crippen LogP contribution in [0.25, 0.3) is 10.9 Å². The van der Waals surface area contributed by atoms with Crippen molar-refractivity contribution in [3.8, 4) is 0 Å². The molecule has 0 unspecified atom stereocenters. The van der Waals surface area contributed by atoms with Gasteiger partial charge < -0.3 is 4.90 Å². The highest BCUT2D eigenvalue weighted by Gasteiger charge is 2.22. The Balaban J connectivity index is 1.56. The number of para-hydroxylation sites is 1. The molecular formula is C27H32N4O. The SMILES string of the molecule is Cc1cc(N2CCCC2)c(C)cc1C=Nn1c(C2CCCCC2)nc2ccccc2c1=O. The smallest absolute Gasteiger partial charge is 0.282 e. The van der Waals surface area contributed by atoms with Gasteiger partial charge in [0.25, 0.3) is 5.56 Å². The van der Waals surface area contributed by atoms with Crippen LogP contribution in [0.3, 0.4) is 0 Å². The molecule has 0 amide bonds. The molecule has 0 N–H and O–H groups in total. The van der Waals surface area contributed by atoms with E-state index in [0.29, 0.717) is 11.3 Å². The first-order valence-corrected chi connectivity index (χ1v) is 12.0. The lowest BCUT2D eigenvalue weighted by atomic mass is 9.88. The minimum atomic E-state index is -0.0736. The second kappa shape index (κ2) is 8.89. The van der Waals surface area contributed by atoms with Gasteiger partial charge in [-0.1, -0.05) is 31.4 Å². The first kappa shape index (κ1) is 20.9. The molecule has 5 rings (SSSR count). The Hall–Kier alpha value is -2.95. The average Bonchev–Trinajstić information content (AvgIpc) is 3.35. The number of aryl methyl sites for hydroxylation is 2. The van der Waals surface area contributed by atoms with Crippen molar-refractivity contribution in [3.05, 3.63) is 69.3 Å². The molecule has 166 valence electrons. The van der Waals surface area contributed by atoms with Crippen molar-refractivity contribution in [2.24, 2.45) is 5.10 Å². The van der Waals surface area contributed by atoms with E-state index in [1.807, 2.05) is 30.5 Å². The molecule has 1 saturated heterocycles. The van der Waals surface area contributed by atoms with Crippen molar-refractivity contribution in [1.82, 2.24) is 9.66 Å². The number of benzene rings is 2. The Labute approximate surface area is 189 Å². The van der Waals surface area contributed by atoms with Crippen molar-refractivity contribution in [2.45, 2.75) is 64.7 Å². The average molecular weight is 429 g/mol. The Morgan fingerprint density at radius 2 is 1.72 bits per heavy atom. The molecule has 1 aliphatic carbocycles. The Bertz CT molecular complexity index is 1210. The number of rotatable bonds is 4. The summed E-state index contributed by atoms with van der Waals surface area (Å²) >= 11 is 0. The quantitative estimate of drug-likeness (QED) is 0.513. The third-order valence-corrected chi connectivity index (χ3v) is 7.09. The molecule has 1 aromatic heterocycles. The van der Waals surface area contributed by atoms with Crippen LogP contribution in [0.5, 0.6) is 0 Å². The fraction of sp³-hybridized carbons (Fsp3) is 0.444. The molecule has 3 aromatic rings. The standard InChI is InChI=1S/C27H32N4O/c1-19-17-25(30-14-8-9-15-30)20(2)16-22(19)18-28-31-26(21-10-4-3-5-11-21)29-24-13-7-6-12-23(24)27(31)32/h6-7,12-13,16-18,21H,3-5,8-11,14-15H2,1-2H3.